The maximum absolute atomic E-state index is 12.3. The van der Waals surface area contributed by atoms with Gasteiger partial charge in [-0.05, 0) is 42.4 Å². The van der Waals surface area contributed by atoms with Crippen LogP contribution in [0.1, 0.15) is 23.1 Å². The van der Waals surface area contributed by atoms with Gasteiger partial charge in [0.25, 0.3) is 0 Å². The second kappa shape index (κ2) is 6.57. The average Bonchev–Trinajstić information content (AvgIpc) is 2.55. The van der Waals surface area contributed by atoms with Crippen molar-refractivity contribution in [1.29, 1.82) is 0 Å². The number of rotatable bonds is 4. The van der Waals surface area contributed by atoms with Gasteiger partial charge < -0.3 is 5.32 Å². The first kappa shape index (κ1) is 13.9. The van der Waals surface area contributed by atoms with E-state index in [2.05, 4.69) is 41.7 Å². The van der Waals surface area contributed by atoms with Gasteiger partial charge in [-0.15, -0.1) is 0 Å². The zero-order valence-corrected chi connectivity index (χ0v) is 12.2. The van der Waals surface area contributed by atoms with Gasteiger partial charge >= 0.3 is 0 Å². The second-order valence-corrected chi connectivity index (χ2v) is 5.74. The fourth-order valence-electron chi connectivity index (χ4n) is 3.04. The van der Waals surface area contributed by atoms with Crippen molar-refractivity contribution < 1.29 is 4.79 Å². The Bertz CT molecular complexity index is 606. The van der Waals surface area contributed by atoms with Crippen molar-refractivity contribution in [2.75, 3.05) is 6.54 Å². The van der Waals surface area contributed by atoms with Gasteiger partial charge in [0.1, 0.15) is 0 Å². The summed E-state index contributed by atoms with van der Waals surface area (Å²) in [4.78, 5) is 12.3. The maximum atomic E-state index is 12.3. The SMILES string of the molecule is O=C(NCCc1ccccc1)C1CCc2ccccc2C1. The lowest BCUT2D eigenvalue weighted by molar-refractivity contribution is -0.125. The van der Waals surface area contributed by atoms with Crippen LogP contribution in [0.2, 0.25) is 0 Å². The van der Waals surface area contributed by atoms with Crippen LogP contribution in [0.15, 0.2) is 54.6 Å². The lowest BCUT2D eigenvalue weighted by atomic mass is 9.83. The average molecular weight is 279 g/mol. The van der Waals surface area contributed by atoms with E-state index in [1.54, 1.807) is 0 Å². The van der Waals surface area contributed by atoms with E-state index in [0.29, 0.717) is 0 Å². The summed E-state index contributed by atoms with van der Waals surface area (Å²) in [6, 6.07) is 18.8. The van der Waals surface area contributed by atoms with Crippen molar-refractivity contribution in [3.63, 3.8) is 0 Å². The lowest BCUT2D eigenvalue weighted by Gasteiger charge is -2.23. The van der Waals surface area contributed by atoms with Crippen LogP contribution in [-0.4, -0.2) is 12.5 Å². The van der Waals surface area contributed by atoms with Gasteiger partial charge in [-0.2, -0.15) is 0 Å². The van der Waals surface area contributed by atoms with Crippen LogP contribution in [0.3, 0.4) is 0 Å². The summed E-state index contributed by atoms with van der Waals surface area (Å²) in [5, 5.41) is 3.09. The fraction of sp³-hybridized carbons (Fsp3) is 0.316. The molecule has 1 N–H and O–H groups in total. The molecule has 1 aliphatic rings. The summed E-state index contributed by atoms with van der Waals surface area (Å²) in [5.74, 6) is 0.344. The molecule has 1 aliphatic carbocycles. The van der Waals surface area contributed by atoms with Crippen molar-refractivity contribution in [2.45, 2.75) is 25.7 Å². The number of aryl methyl sites for hydroxylation is 1. The Morgan fingerprint density at radius 2 is 1.71 bits per heavy atom. The molecule has 0 bridgehead atoms. The Morgan fingerprint density at radius 1 is 1.00 bits per heavy atom. The molecule has 0 heterocycles. The fourth-order valence-corrected chi connectivity index (χ4v) is 3.04. The van der Waals surface area contributed by atoms with E-state index in [4.69, 9.17) is 0 Å². The first-order chi connectivity index (χ1) is 10.3. The summed E-state index contributed by atoms with van der Waals surface area (Å²) < 4.78 is 0. The molecule has 0 radical (unpaired) electrons. The van der Waals surface area contributed by atoms with Crippen LogP contribution in [0, 0.1) is 5.92 Å². The molecule has 1 amide bonds. The molecule has 0 aromatic heterocycles. The zero-order valence-electron chi connectivity index (χ0n) is 12.2. The highest BCUT2D eigenvalue weighted by molar-refractivity contribution is 5.79. The Hall–Kier alpha value is -2.09. The van der Waals surface area contributed by atoms with Crippen LogP contribution >= 0.6 is 0 Å². The molecule has 2 aromatic carbocycles. The van der Waals surface area contributed by atoms with Gasteiger partial charge in [0, 0.05) is 12.5 Å². The van der Waals surface area contributed by atoms with Gasteiger partial charge in [0.15, 0.2) is 0 Å². The minimum Gasteiger partial charge on any atom is -0.356 e. The summed E-state index contributed by atoms with van der Waals surface area (Å²) in [5.41, 5.74) is 4.02. The minimum absolute atomic E-state index is 0.135. The van der Waals surface area contributed by atoms with Crippen LogP contribution in [-0.2, 0) is 24.1 Å². The number of amides is 1. The molecule has 3 rings (SSSR count). The third-order valence-electron chi connectivity index (χ3n) is 4.27. The Kier molecular flexibility index (Phi) is 4.34. The highest BCUT2D eigenvalue weighted by Crippen LogP contribution is 2.25. The molecule has 2 aromatic rings. The van der Waals surface area contributed by atoms with E-state index in [1.807, 2.05) is 18.2 Å². The molecule has 0 spiro atoms. The topological polar surface area (TPSA) is 29.1 Å². The van der Waals surface area contributed by atoms with E-state index in [-0.39, 0.29) is 11.8 Å². The zero-order chi connectivity index (χ0) is 14.5. The molecule has 0 aliphatic heterocycles. The Morgan fingerprint density at radius 3 is 2.52 bits per heavy atom. The predicted molar refractivity (Wildman–Crippen MR) is 85.1 cm³/mol. The number of nitrogens with one attached hydrogen (secondary N) is 1. The normalized spacial score (nSPS) is 17.0. The van der Waals surface area contributed by atoms with Crippen molar-refractivity contribution in [3.8, 4) is 0 Å². The largest absolute Gasteiger partial charge is 0.356 e. The Balaban J connectivity index is 1.50. The van der Waals surface area contributed by atoms with Gasteiger partial charge in [-0.3, -0.25) is 4.79 Å². The number of fused-ring (bicyclic) bond motifs is 1. The van der Waals surface area contributed by atoms with Crippen molar-refractivity contribution in [3.05, 3.63) is 71.3 Å². The number of hydrogen-bond acceptors (Lipinski definition) is 1. The van der Waals surface area contributed by atoms with Crippen molar-refractivity contribution in [2.24, 2.45) is 5.92 Å². The predicted octanol–water partition coefficient (Wildman–Crippen LogP) is 3.15. The standard InChI is InChI=1S/C19H21NO/c21-19(20-13-12-15-6-2-1-3-7-15)18-11-10-16-8-4-5-9-17(16)14-18/h1-9,18H,10-14H2,(H,20,21). The third kappa shape index (κ3) is 3.52. The van der Waals surface area contributed by atoms with Gasteiger partial charge in [-0.25, -0.2) is 0 Å². The summed E-state index contributed by atoms with van der Waals surface area (Å²) in [6.07, 6.45) is 3.77. The highest BCUT2D eigenvalue weighted by Gasteiger charge is 2.23. The van der Waals surface area contributed by atoms with E-state index in [0.717, 1.165) is 32.2 Å². The third-order valence-corrected chi connectivity index (χ3v) is 4.27. The molecule has 0 saturated heterocycles. The van der Waals surface area contributed by atoms with E-state index < -0.39 is 0 Å². The first-order valence-corrected chi connectivity index (χ1v) is 7.71. The number of benzene rings is 2. The summed E-state index contributed by atoms with van der Waals surface area (Å²) in [6.45, 7) is 0.723. The molecule has 108 valence electrons. The van der Waals surface area contributed by atoms with E-state index >= 15 is 0 Å². The van der Waals surface area contributed by atoms with E-state index in [9.17, 15) is 4.79 Å². The molecular weight excluding hydrogens is 258 g/mol. The van der Waals surface area contributed by atoms with Gasteiger partial charge in [-0.1, -0.05) is 54.6 Å². The molecule has 0 saturated carbocycles. The molecule has 2 heteroatoms. The van der Waals surface area contributed by atoms with Gasteiger partial charge in [0.2, 0.25) is 5.91 Å². The van der Waals surface area contributed by atoms with Crippen molar-refractivity contribution >= 4 is 5.91 Å². The van der Waals surface area contributed by atoms with Crippen LogP contribution in [0.5, 0.6) is 0 Å². The lowest BCUT2D eigenvalue weighted by Crippen LogP contribution is -2.35. The summed E-state index contributed by atoms with van der Waals surface area (Å²) in [7, 11) is 0. The highest BCUT2D eigenvalue weighted by atomic mass is 16.1. The quantitative estimate of drug-likeness (QED) is 0.915. The maximum Gasteiger partial charge on any atom is 0.223 e. The molecule has 2 nitrogen and oxygen atoms in total. The van der Waals surface area contributed by atoms with Crippen LogP contribution < -0.4 is 5.32 Å². The molecule has 21 heavy (non-hydrogen) atoms. The number of hydrogen-bond donors (Lipinski definition) is 1. The monoisotopic (exact) mass is 279 g/mol. The number of carbonyl (C=O) groups is 1. The minimum atomic E-state index is 0.135. The molecule has 0 fully saturated rings. The first-order valence-electron chi connectivity index (χ1n) is 7.71. The second-order valence-electron chi connectivity index (χ2n) is 5.74. The molecule has 1 unspecified atom stereocenters. The molecule has 1 atom stereocenters. The van der Waals surface area contributed by atoms with Crippen molar-refractivity contribution in [1.82, 2.24) is 5.32 Å². The van der Waals surface area contributed by atoms with Gasteiger partial charge in [0.05, 0.1) is 0 Å². The Labute approximate surface area is 126 Å². The van der Waals surface area contributed by atoms with Crippen LogP contribution in [0.25, 0.3) is 0 Å². The number of carbonyl (C=O) groups excluding carboxylic acids is 1. The smallest absolute Gasteiger partial charge is 0.223 e. The van der Waals surface area contributed by atoms with Crippen LogP contribution in [0.4, 0.5) is 0 Å². The van der Waals surface area contributed by atoms with E-state index in [1.165, 1.54) is 16.7 Å². The molecular formula is C19H21NO. The summed E-state index contributed by atoms with van der Waals surface area (Å²) >= 11 is 0.